The summed E-state index contributed by atoms with van der Waals surface area (Å²) >= 11 is 6.17. The normalized spacial score (nSPS) is 14.4. The summed E-state index contributed by atoms with van der Waals surface area (Å²) in [4.78, 5) is 2.19. The third kappa shape index (κ3) is 3.80. The van der Waals surface area contributed by atoms with E-state index in [0.29, 0.717) is 6.04 Å². The summed E-state index contributed by atoms with van der Waals surface area (Å²) in [7, 11) is 2.07. The average Bonchev–Trinajstić information content (AvgIpc) is 3.20. The molecule has 112 valence electrons. The zero-order chi connectivity index (χ0) is 14.8. The molecule has 1 aliphatic carbocycles. The van der Waals surface area contributed by atoms with Gasteiger partial charge in [0.05, 0.1) is 6.54 Å². The van der Waals surface area contributed by atoms with E-state index < -0.39 is 0 Å². The topological polar surface area (TPSA) is 28.4 Å². The molecule has 0 atom stereocenters. The first-order valence-corrected chi connectivity index (χ1v) is 7.78. The molecule has 21 heavy (non-hydrogen) atoms. The molecule has 1 saturated carbocycles. The van der Waals surface area contributed by atoms with Gasteiger partial charge >= 0.3 is 0 Å². The van der Waals surface area contributed by atoms with Crippen LogP contribution in [0.25, 0.3) is 0 Å². The van der Waals surface area contributed by atoms with Gasteiger partial charge in [0.1, 0.15) is 11.5 Å². The molecular weight excluding hydrogens is 284 g/mol. The summed E-state index contributed by atoms with van der Waals surface area (Å²) in [6, 6.07) is 10.8. The summed E-state index contributed by atoms with van der Waals surface area (Å²) in [5.74, 6) is 1.91. The Labute approximate surface area is 130 Å². The first-order chi connectivity index (χ1) is 10.1. The summed E-state index contributed by atoms with van der Waals surface area (Å²) in [5.41, 5.74) is 2.43. The lowest BCUT2D eigenvalue weighted by Crippen LogP contribution is -2.21. The molecule has 3 nitrogen and oxygen atoms in total. The number of hydrogen-bond donors (Lipinski definition) is 1. The van der Waals surface area contributed by atoms with E-state index in [1.807, 2.05) is 31.2 Å². The molecule has 0 saturated heterocycles. The molecule has 0 unspecified atom stereocenters. The number of benzene rings is 1. The van der Waals surface area contributed by atoms with Crippen LogP contribution in [0.3, 0.4) is 0 Å². The standard InChI is InChI=1S/C17H21ClN2O/c1-12-3-8-16(21-12)11-20(2)17-9-14(18)5-4-13(17)10-19-15-6-7-15/h3-5,8-9,15,19H,6-7,10-11H2,1-2H3. The Morgan fingerprint density at radius 3 is 2.76 bits per heavy atom. The van der Waals surface area contributed by atoms with Gasteiger partial charge in [-0.2, -0.15) is 0 Å². The van der Waals surface area contributed by atoms with Crippen molar-refractivity contribution in [2.45, 2.75) is 38.9 Å². The van der Waals surface area contributed by atoms with Gasteiger partial charge in [-0.15, -0.1) is 0 Å². The fraction of sp³-hybridized carbons (Fsp3) is 0.412. The minimum absolute atomic E-state index is 0.701. The third-order valence-corrected chi connectivity index (χ3v) is 4.04. The maximum absolute atomic E-state index is 6.17. The quantitative estimate of drug-likeness (QED) is 0.870. The molecule has 2 aromatic rings. The van der Waals surface area contributed by atoms with Crippen LogP contribution in [-0.2, 0) is 13.1 Å². The minimum atomic E-state index is 0.701. The second-order valence-corrected chi connectivity index (χ2v) is 6.23. The average molecular weight is 305 g/mol. The van der Waals surface area contributed by atoms with E-state index in [-0.39, 0.29) is 0 Å². The van der Waals surface area contributed by atoms with Crippen LogP contribution in [0, 0.1) is 6.92 Å². The number of hydrogen-bond acceptors (Lipinski definition) is 3. The summed E-state index contributed by atoms with van der Waals surface area (Å²) in [6.07, 6.45) is 2.59. The number of halogens is 1. The van der Waals surface area contributed by atoms with Gasteiger partial charge in [0.2, 0.25) is 0 Å². The number of nitrogens with one attached hydrogen (secondary N) is 1. The van der Waals surface area contributed by atoms with Crippen molar-refractivity contribution in [3.63, 3.8) is 0 Å². The van der Waals surface area contributed by atoms with Gasteiger partial charge in [0.15, 0.2) is 0 Å². The minimum Gasteiger partial charge on any atom is -0.464 e. The van der Waals surface area contributed by atoms with E-state index in [9.17, 15) is 0 Å². The van der Waals surface area contributed by atoms with Crippen LogP contribution in [0.1, 0.15) is 29.9 Å². The van der Waals surface area contributed by atoms with Gasteiger partial charge in [-0.3, -0.25) is 0 Å². The fourth-order valence-corrected chi connectivity index (χ4v) is 2.64. The Bertz CT molecular complexity index is 619. The molecule has 3 rings (SSSR count). The first-order valence-electron chi connectivity index (χ1n) is 7.40. The van der Waals surface area contributed by atoms with E-state index in [1.54, 1.807) is 0 Å². The van der Waals surface area contributed by atoms with Crippen molar-refractivity contribution in [1.82, 2.24) is 5.32 Å². The fourth-order valence-electron chi connectivity index (χ4n) is 2.47. The van der Waals surface area contributed by atoms with E-state index in [1.165, 1.54) is 18.4 Å². The molecule has 0 amide bonds. The van der Waals surface area contributed by atoms with Crippen molar-refractivity contribution in [3.05, 3.63) is 52.4 Å². The lowest BCUT2D eigenvalue weighted by Gasteiger charge is -2.22. The Kier molecular flexibility index (Phi) is 4.22. The van der Waals surface area contributed by atoms with Gasteiger partial charge in [0, 0.05) is 30.3 Å². The molecule has 1 aromatic heterocycles. The molecule has 1 heterocycles. The number of aryl methyl sites for hydroxylation is 1. The van der Waals surface area contributed by atoms with Crippen LogP contribution in [0.4, 0.5) is 5.69 Å². The number of anilines is 1. The predicted octanol–water partition coefficient (Wildman–Crippen LogP) is 4.13. The van der Waals surface area contributed by atoms with Gasteiger partial charge in [0.25, 0.3) is 0 Å². The van der Waals surface area contributed by atoms with Crippen LogP contribution in [0.2, 0.25) is 5.02 Å². The molecular formula is C17H21ClN2O. The summed E-state index contributed by atoms with van der Waals surface area (Å²) in [5, 5.41) is 4.33. The molecule has 1 N–H and O–H groups in total. The van der Waals surface area contributed by atoms with Crippen molar-refractivity contribution >= 4 is 17.3 Å². The Morgan fingerprint density at radius 1 is 1.29 bits per heavy atom. The monoisotopic (exact) mass is 304 g/mol. The first kappa shape index (κ1) is 14.5. The van der Waals surface area contributed by atoms with Crippen molar-refractivity contribution in [3.8, 4) is 0 Å². The second kappa shape index (κ2) is 6.12. The van der Waals surface area contributed by atoms with E-state index in [0.717, 1.165) is 35.3 Å². The molecule has 4 heteroatoms. The second-order valence-electron chi connectivity index (χ2n) is 5.80. The lowest BCUT2D eigenvalue weighted by molar-refractivity contribution is 0.481. The molecule has 1 aromatic carbocycles. The summed E-state index contributed by atoms with van der Waals surface area (Å²) in [6.45, 7) is 3.59. The van der Waals surface area contributed by atoms with E-state index in [2.05, 4.69) is 23.3 Å². The predicted molar refractivity (Wildman–Crippen MR) is 86.9 cm³/mol. The van der Waals surface area contributed by atoms with Crippen LogP contribution < -0.4 is 10.2 Å². The van der Waals surface area contributed by atoms with Crippen molar-refractivity contribution < 1.29 is 4.42 Å². The molecule has 1 aliphatic rings. The maximum Gasteiger partial charge on any atom is 0.123 e. The highest BCUT2D eigenvalue weighted by atomic mass is 35.5. The maximum atomic E-state index is 6.17. The SMILES string of the molecule is Cc1ccc(CN(C)c2cc(Cl)ccc2CNC2CC2)o1. The van der Waals surface area contributed by atoms with Crippen LogP contribution in [0.5, 0.6) is 0 Å². The number of rotatable bonds is 6. The largest absolute Gasteiger partial charge is 0.464 e. The number of furan rings is 1. The highest BCUT2D eigenvalue weighted by Crippen LogP contribution is 2.27. The highest BCUT2D eigenvalue weighted by molar-refractivity contribution is 6.30. The van der Waals surface area contributed by atoms with Gasteiger partial charge in [-0.1, -0.05) is 17.7 Å². The Morgan fingerprint density at radius 2 is 2.10 bits per heavy atom. The van der Waals surface area contributed by atoms with Crippen molar-refractivity contribution in [1.29, 1.82) is 0 Å². The van der Waals surface area contributed by atoms with Gasteiger partial charge in [-0.25, -0.2) is 0 Å². The lowest BCUT2D eigenvalue weighted by atomic mass is 10.1. The van der Waals surface area contributed by atoms with E-state index >= 15 is 0 Å². The number of nitrogens with zero attached hydrogens (tertiary/aromatic N) is 1. The molecule has 0 spiro atoms. The molecule has 0 aliphatic heterocycles. The van der Waals surface area contributed by atoms with E-state index in [4.69, 9.17) is 16.0 Å². The van der Waals surface area contributed by atoms with Crippen LogP contribution in [0.15, 0.2) is 34.7 Å². The summed E-state index contributed by atoms with van der Waals surface area (Å²) < 4.78 is 5.66. The molecule has 0 radical (unpaired) electrons. The zero-order valence-corrected chi connectivity index (χ0v) is 13.3. The van der Waals surface area contributed by atoms with Crippen LogP contribution >= 0.6 is 11.6 Å². The van der Waals surface area contributed by atoms with Gasteiger partial charge in [-0.05, 0) is 49.6 Å². The van der Waals surface area contributed by atoms with Gasteiger partial charge < -0.3 is 14.6 Å². The van der Waals surface area contributed by atoms with Crippen LogP contribution in [-0.4, -0.2) is 13.1 Å². The Balaban J connectivity index is 1.75. The molecule has 1 fully saturated rings. The van der Waals surface area contributed by atoms with Crippen molar-refractivity contribution in [2.75, 3.05) is 11.9 Å². The smallest absolute Gasteiger partial charge is 0.123 e. The highest BCUT2D eigenvalue weighted by Gasteiger charge is 2.21. The van der Waals surface area contributed by atoms with Crippen molar-refractivity contribution in [2.24, 2.45) is 0 Å². The third-order valence-electron chi connectivity index (χ3n) is 3.81. The zero-order valence-electron chi connectivity index (χ0n) is 12.5. The Hall–Kier alpha value is -1.45. The molecule has 0 bridgehead atoms.